The molecule has 0 aliphatic heterocycles. The molecule has 0 radical (unpaired) electrons. The highest BCUT2D eigenvalue weighted by atomic mass is 14.3. The largest absolute Gasteiger partial charge is 0.198 e. The van der Waals surface area contributed by atoms with Crippen LogP contribution >= 0.6 is 0 Å². The normalized spacial score (nSPS) is 9.67. The van der Waals surface area contributed by atoms with E-state index in [2.05, 4.69) is 26.0 Å². The van der Waals surface area contributed by atoms with Crippen molar-refractivity contribution in [2.45, 2.75) is 26.7 Å². The van der Waals surface area contributed by atoms with Crippen molar-refractivity contribution in [1.82, 2.24) is 0 Å². The van der Waals surface area contributed by atoms with Gasteiger partial charge in [-0.3, -0.25) is 0 Å². The maximum absolute atomic E-state index is 8.99. The van der Waals surface area contributed by atoms with Gasteiger partial charge in [0.15, 0.2) is 0 Å². The van der Waals surface area contributed by atoms with E-state index in [1.807, 2.05) is 18.2 Å². The van der Waals surface area contributed by atoms with Crippen LogP contribution in [-0.4, -0.2) is 0 Å². The fourth-order valence-electron chi connectivity index (χ4n) is 1.55. The molecule has 2 heteroatoms. The van der Waals surface area contributed by atoms with Crippen LogP contribution in [0.5, 0.6) is 0 Å². The molecule has 0 aromatic heterocycles. The summed E-state index contributed by atoms with van der Waals surface area (Å²) in [6.45, 7) is 4.26. The van der Waals surface area contributed by atoms with Crippen molar-refractivity contribution in [2.24, 2.45) is 5.92 Å². The first-order valence-electron chi connectivity index (χ1n) is 5.06. The SMILES string of the molecule is CC(C)Cc1ccc(CC#N)cc1C#N. The minimum absolute atomic E-state index is 0.372. The molecule has 0 heterocycles. The molecule has 0 amide bonds. The van der Waals surface area contributed by atoms with Gasteiger partial charge in [-0.1, -0.05) is 26.0 Å². The summed E-state index contributed by atoms with van der Waals surface area (Å²) in [5.74, 6) is 0.541. The van der Waals surface area contributed by atoms with Crippen LogP contribution in [-0.2, 0) is 12.8 Å². The third-order valence-electron chi connectivity index (χ3n) is 2.21. The average molecular weight is 198 g/mol. The molecule has 0 N–H and O–H groups in total. The Morgan fingerprint density at radius 1 is 1.27 bits per heavy atom. The monoisotopic (exact) mass is 198 g/mol. The molecule has 0 unspecified atom stereocenters. The summed E-state index contributed by atoms with van der Waals surface area (Å²) in [5.41, 5.74) is 2.70. The van der Waals surface area contributed by atoms with Gasteiger partial charge < -0.3 is 0 Å². The highest BCUT2D eigenvalue weighted by Crippen LogP contribution is 2.15. The minimum Gasteiger partial charge on any atom is -0.198 e. The summed E-state index contributed by atoms with van der Waals surface area (Å²) >= 11 is 0. The van der Waals surface area contributed by atoms with Gasteiger partial charge in [-0.15, -0.1) is 0 Å². The molecule has 1 rings (SSSR count). The standard InChI is InChI=1S/C13H14N2/c1-10(2)7-12-4-3-11(5-6-14)8-13(12)9-15/h3-4,8,10H,5,7H2,1-2H3. The third kappa shape index (κ3) is 3.11. The Labute approximate surface area is 90.8 Å². The summed E-state index contributed by atoms with van der Waals surface area (Å²) in [4.78, 5) is 0. The zero-order valence-corrected chi connectivity index (χ0v) is 9.12. The van der Waals surface area contributed by atoms with Crippen LogP contribution in [0.25, 0.3) is 0 Å². The van der Waals surface area contributed by atoms with Gasteiger partial charge in [0, 0.05) is 0 Å². The topological polar surface area (TPSA) is 47.6 Å². The van der Waals surface area contributed by atoms with Crippen LogP contribution < -0.4 is 0 Å². The van der Waals surface area contributed by atoms with Crippen molar-refractivity contribution in [2.75, 3.05) is 0 Å². The molecule has 0 aliphatic carbocycles. The Balaban J connectivity index is 3.01. The lowest BCUT2D eigenvalue weighted by atomic mass is 9.96. The number of nitrogens with zero attached hydrogens (tertiary/aromatic N) is 2. The van der Waals surface area contributed by atoms with Crippen LogP contribution in [0.1, 0.15) is 30.5 Å². The zero-order valence-electron chi connectivity index (χ0n) is 9.12. The summed E-state index contributed by atoms with van der Waals surface area (Å²) < 4.78 is 0. The van der Waals surface area contributed by atoms with Crippen molar-refractivity contribution in [3.8, 4) is 12.1 Å². The molecular formula is C13H14N2. The first-order chi connectivity index (χ1) is 7.17. The van der Waals surface area contributed by atoms with Crippen LogP contribution in [0.4, 0.5) is 0 Å². The molecule has 0 atom stereocenters. The molecule has 76 valence electrons. The Hall–Kier alpha value is -1.80. The first kappa shape index (κ1) is 11.3. The average Bonchev–Trinajstić information content (AvgIpc) is 2.20. The summed E-state index contributed by atoms with van der Waals surface area (Å²) in [7, 11) is 0. The predicted octanol–water partition coefficient (Wildman–Crippen LogP) is 2.82. The van der Waals surface area contributed by atoms with Gasteiger partial charge in [0.25, 0.3) is 0 Å². The Morgan fingerprint density at radius 3 is 2.53 bits per heavy atom. The van der Waals surface area contributed by atoms with Crippen LogP contribution in [0.2, 0.25) is 0 Å². The van der Waals surface area contributed by atoms with E-state index in [0.717, 1.165) is 17.5 Å². The molecule has 1 aromatic carbocycles. The van der Waals surface area contributed by atoms with E-state index in [0.29, 0.717) is 17.9 Å². The molecule has 0 aliphatic rings. The van der Waals surface area contributed by atoms with Gasteiger partial charge in [0.2, 0.25) is 0 Å². The lowest BCUT2D eigenvalue weighted by molar-refractivity contribution is 0.646. The zero-order chi connectivity index (χ0) is 11.3. The Kier molecular flexibility index (Phi) is 3.89. The first-order valence-corrected chi connectivity index (χ1v) is 5.06. The Bertz CT molecular complexity index is 419. The van der Waals surface area contributed by atoms with Gasteiger partial charge in [-0.2, -0.15) is 10.5 Å². The number of hydrogen-bond donors (Lipinski definition) is 0. The van der Waals surface area contributed by atoms with Gasteiger partial charge >= 0.3 is 0 Å². The second kappa shape index (κ2) is 5.17. The highest BCUT2D eigenvalue weighted by molar-refractivity contribution is 5.41. The van der Waals surface area contributed by atoms with E-state index < -0.39 is 0 Å². The summed E-state index contributed by atoms with van der Waals surface area (Å²) in [6, 6.07) is 9.99. The molecule has 0 saturated carbocycles. The van der Waals surface area contributed by atoms with Crippen molar-refractivity contribution < 1.29 is 0 Å². The smallest absolute Gasteiger partial charge is 0.0994 e. The van der Waals surface area contributed by atoms with E-state index in [4.69, 9.17) is 10.5 Å². The number of benzene rings is 1. The van der Waals surface area contributed by atoms with Crippen LogP contribution in [0.15, 0.2) is 18.2 Å². The second-order valence-corrected chi connectivity index (χ2v) is 4.04. The van der Waals surface area contributed by atoms with E-state index in [1.165, 1.54) is 0 Å². The summed E-state index contributed by atoms with van der Waals surface area (Å²) in [5, 5.41) is 17.6. The second-order valence-electron chi connectivity index (χ2n) is 4.04. The van der Waals surface area contributed by atoms with E-state index >= 15 is 0 Å². The van der Waals surface area contributed by atoms with Crippen molar-refractivity contribution in [1.29, 1.82) is 10.5 Å². The van der Waals surface area contributed by atoms with Crippen molar-refractivity contribution in [3.63, 3.8) is 0 Å². The van der Waals surface area contributed by atoms with E-state index in [1.54, 1.807) is 0 Å². The molecular weight excluding hydrogens is 184 g/mol. The third-order valence-corrected chi connectivity index (χ3v) is 2.21. The molecule has 0 bridgehead atoms. The lowest BCUT2D eigenvalue weighted by Crippen LogP contribution is -1.98. The lowest BCUT2D eigenvalue weighted by Gasteiger charge is -2.07. The fraction of sp³-hybridized carbons (Fsp3) is 0.385. The molecule has 0 saturated heterocycles. The van der Waals surface area contributed by atoms with E-state index in [9.17, 15) is 0 Å². The maximum atomic E-state index is 8.99. The van der Waals surface area contributed by atoms with Crippen LogP contribution in [0.3, 0.4) is 0 Å². The number of hydrogen-bond acceptors (Lipinski definition) is 2. The Morgan fingerprint density at radius 2 is 2.00 bits per heavy atom. The van der Waals surface area contributed by atoms with Gasteiger partial charge in [-0.25, -0.2) is 0 Å². The van der Waals surface area contributed by atoms with Gasteiger partial charge in [0.1, 0.15) is 0 Å². The number of rotatable bonds is 3. The van der Waals surface area contributed by atoms with Crippen LogP contribution in [0, 0.1) is 28.6 Å². The molecule has 0 spiro atoms. The molecule has 0 fully saturated rings. The van der Waals surface area contributed by atoms with E-state index in [-0.39, 0.29) is 0 Å². The van der Waals surface area contributed by atoms with Crippen molar-refractivity contribution in [3.05, 3.63) is 34.9 Å². The quantitative estimate of drug-likeness (QED) is 0.749. The van der Waals surface area contributed by atoms with Gasteiger partial charge in [-0.05, 0) is 29.5 Å². The van der Waals surface area contributed by atoms with Gasteiger partial charge in [0.05, 0.1) is 24.1 Å². The summed E-state index contributed by atoms with van der Waals surface area (Å²) in [6.07, 6.45) is 1.28. The maximum Gasteiger partial charge on any atom is 0.0994 e. The highest BCUT2D eigenvalue weighted by Gasteiger charge is 2.05. The fourth-order valence-corrected chi connectivity index (χ4v) is 1.55. The molecule has 1 aromatic rings. The minimum atomic E-state index is 0.372. The molecule has 15 heavy (non-hydrogen) atoms. The molecule has 2 nitrogen and oxygen atoms in total. The number of nitriles is 2. The van der Waals surface area contributed by atoms with Crippen molar-refractivity contribution >= 4 is 0 Å². The predicted molar refractivity (Wildman–Crippen MR) is 59.0 cm³/mol.